The number of benzene rings is 1. The molecule has 1 unspecified atom stereocenters. The number of hydrogen-bond acceptors (Lipinski definition) is 3. The van der Waals surface area contributed by atoms with Crippen molar-refractivity contribution in [2.45, 2.75) is 45.1 Å². The van der Waals surface area contributed by atoms with Crippen molar-refractivity contribution in [1.29, 1.82) is 10.5 Å². The van der Waals surface area contributed by atoms with E-state index in [0.717, 1.165) is 30.5 Å². The quantitative estimate of drug-likeness (QED) is 0.869. The van der Waals surface area contributed by atoms with Crippen LogP contribution >= 0.6 is 0 Å². The first-order valence-corrected chi connectivity index (χ1v) is 7.65. The highest BCUT2D eigenvalue weighted by atomic mass is 15.3. The van der Waals surface area contributed by atoms with Crippen molar-refractivity contribution >= 4 is 0 Å². The van der Waals surface area contributed by atoms with Gasteiger partial charge in [-0.2, -0.15) is 15.6 Å². The van der Waals surface area contributed by atoms with Gasteiger partial charge in [0.1, 0.15) is 0 Å². The van der Waals surface area contributed by atoms with Crippen LogP contribution in [0.2, 0.25) is 0 Å². The first kappa shape index (κ1) is 14.4. The summed E-state index contributed by atoms with van der Waals surface area (Å²) in [7, 11) is 0. The Bertz CT molecular complexity index is 773. The first-order valence-electron chi connectivity index (χ1n) is 7.65. The second-order valence-electron chi connectivity index (χ2n) is 5.82. The van der Waals surface area contributed by atoms with Crippen LogP contribution in [0.5, 0.6) is 0 Å². The number of fused-ring (bicyclic) bond motifs is 1. The molecular weight excluding hydrogens is 272 g/mol. The molecule has 1 heterocycles. The number of nitriles is 2. The Morgan fingerprint density at radius 2 is 2.14 bits per heavy atom. The second-order valence-corrected chi connectivity index (χ2v) is 5.82. The molecule has 1 aromatic heterocycles. The van der Waals surface area contributed by atoms with E-state index in [9.17, 15) is 5.26 Å². The van der Waals surface area contributed by atoms with Gasteiger partial charge in [0.2, 0.25) is 0 Å². The van der Waals surface area contributed by atoms with Crippen molar-refractivity contribution in [2.24, 2.45) is 0 Å². The Balaban J connectivity index is 1.99. The van der Waals surface area contributed by atoms with Crippen molar-refractivity contribution in [3.05, 3.63) is 52.3 Å². The summed E-state index contributed by atoms with van der Waals surface area (Å²) in [5.41, 5.74) is 5.25. The van der Waals surface area contributed by atoms with Crippen molar-refractivity contribution in [3.63, 3.8) is 0 Å². The van der Waals surface area contributed by atoms with Gasteiger partial charge in [-0.1, -0.05) is 18.2 Å². The SMILES string of the molecule is Cc1nn(Cc2ccccc2C#N)c2c1C(CC#N)CCC2. The largest absolute Gasteiger partial charge is 0.265 e. The van der Waals surface area contributed by atoms with Gasteiger partial charge in [0.15, 0.2) is 0 Å². The van der Waals surface area contributed by atoms with Crippen LogP contribution in [0, 0.1) is 29.6 Å². The van der Waals surface area contributed by atoms with Gasteiger partial charge >= 0.3 is 0 Å². The van der Waals surface area contributed by atoms with Gasteiger partial charge in [-0.15, -0.1) is 0 Å². The van der Waals surface area contributed by atoms with Gasteiger partial charge in [0, 0.05) is 23.6 Å². The van der Waals surface area contributed by atoms with E-state index in [1.165, 1.54) is 11.3 Å². The fourth-order valence-electron chi connectivity index (χ4n) is 3.47. The second kappa shape index (κ2) is 6.03. The van der Waals surface area contributed by atoms with E-state index >= 15 is 0 Å². The van der Waals surface area contributed by atoms with Crippen LogP contribution in [0.4, 0.5) is 0 Å². The summed E-state index contributed by atoms with van der Waals surface area (Å²) in [6, 6.07) is 12.2. The topological polar surface area (TPSA) is 65.4 Å². The third kappa shape index (κ3) is 2.49. The van der Waals surface area contributed by atoms with Crippen molar-refractivity contribution in [3.8, 4) is 12.1 Å². The molecule has 2 aromatic rings. The lowest BCUT2D eigenvalue weighted by Crippen LogP contribution is -2.14. The lowest BCUT2D eigenvalue weighted by molar-refractivity contribution is 0.531. The Labute approximate surface area is 130 Å². The predicted molar refractivity (Wildman–Crippen MR) is 83.1 cm³/mol. The number of aromatic nitrogens is 2. The van der Waals surface area contributed by atoms with Crippen LogP contribution in [-0.2, 0) is 13.0 Å². The minimum absolute atomic E-state index is 0.314. The molecule has 1 atom stereocenters. The molecule has 0 bridgehead atoms. The van der Waals surface area contributed by atoms with Gasteiger partial charge < -0.3 is 0 Å². The third-order valence-corrected chi connectivity index (χ3v) is 4.45. The van der Waals surface area contributed by atoms with Crippen LogP contribution in [0.25, 0.3) is 0 Å². The smallest absolute Gasteiger partial charge is 0.0995 e. The zero-order valence-corrected chi connectivity index (χ0v) is 12.7. The van der Waals surface area contributed by atoms with Crippen molar-refractivity contribution in [2.75, 3.05) is 0 Å². The molecule has 1 aromatic carbocycles. The lowest BCUT2D eigenvalue weighted by Gasteiger charge is -2.21. The first-order chi connectivity index (χ1) is 10.7. The molecule has 110 valence electrons. The Hall–Kier alpha value is -2.59. The maximum atomic E-state index is 9.24. The molecule has 0 aliphatic heterocycles. The summed E-state index contributed by atoms with van der Waals surface area (Å²) in [6.07, 6.45) is 3.74. The van der Waals surface area contributed by atoms with Gasteiger partial charge in [0.05, 0.1) is 29.9 Å². The monoisotopic (exact) mass is 290 g/mol. The summed E-state index contributed by atoms with van der Waals surface area (Å²) >= 11 is 0. The standard InChI is InChI=1S/C18H18N4/c1-13-18-14(9-10-19)7-4-8-17(18)22(21-13)12-16-6-3-2-5-15(16)11-20/h2-3,5-6,14H,4,7-9,12H2,1H3. The van der Waals surface area contributed by atoms with Crippen molar-refractivity contribution < 1.29 is 0 Å². The molecule has 0 saturated heterocycles. The zero-order chi connectivity index (χ0) is 15.5. The summed E-state index contributed by atoms with van der Waals surface area (Å²) in [5.74, 6) is 0.314. The summed E-state index contributed by atoms with van der Waals surface area (Å²) in [4.78, 5) is 0. The number of hydrogen-bond donors (Lipinski definition) is 0. The lowest BCUT2D eigenvalue weighted by atomic mass is 9.83. The molecule has 1 aliphatic rings. The maximum absolute atomic E-state index is 9.24. The highest BCUT2D eigenvalue weighted by molar-refractivity contribution is 5.39. The molecule has 1 aliphatic carbocycles. The zero-order valence-electron chi connectivity index (χ0n) is 12.7. The average molecular weight is 290 g/mol. The van der Waals surface area contributed by atoms with Crippen LogP contribution in [-0.4, -0.2) is 9.78 Å². The van der Waals surface area contributed by atoms with Gasteiger partial charge in [0.25, 0.3) is 0 Å². The van der Waals surface area contributed by atoms with E-state index in [2.05, 4.69) is 12.1 Å². The summed E-state index contributed by atoms with van der Waals surface area (Å²) < 4.78 is 2.03. The minimum atomic E-state index is 0.314. The highest BCUT2D eigenvalue weighted by Gasteiger charge is 2.26. The molecule has 3 rings (SSSR count). The van der Waals surface area contributed by atoms with Crippen LogP contribution in [0.1, 0.15) is 53.3 Å². The van der Waals surface area contributed by atoms with E-state index in [0.29, 0.717) is 24.4 Å². The molecule has 0 radical (unpaired) electrons. The molecule has 0 fully saturated rings. The Morgan fingerprint density at radius 3 is 2.91 bits per heavy atom. The molecule has 4 heteroatoms. The van der Waals surface area contributed by atoms with Crippen LogP contribution in [0.3, 0.4) is 0 Å². The molecule has 4 nitrogen and oxygen atoms in total. The summed E-state index contributed by atoms with van der Waals surface area (Å²) in [5, 5.41) is 23.0. The van der Waals surface area contributed by atoms with Gasteiger partial charge in [-0.25, -0.2) is 0 Å². The third-order valence-electron chi connectivity index (χ3n) is 4.45. The fraction of sp³-hybridized carbons (Fsp3) is 0.389. The van der Waals surface area contributed by atoms with E-state index in [1.807, 2.05) is 35.9 Å². The normalized spacial score (nSPS) is 16.6. The van der Waals surface area contributed by atoms with Crippen LogP contribution < -0.4 is 0 Å². The van der Waals surface area contributed by atoms with E-state index in [-0.39, 0.29) is 0 Å². The molecule has 22 heavy (non-hydrogen) atoms. The van der Waals surface area contributed by atoms with Gasteiger partial charge in [-0.05, 0) is 37.8 Å². The number of nitrogens with zero attached hydrogens (tertiary/aromatic N) is 4. The van der Waals surface area contributed by atoms with E-state index < -0.39 is 0 Å². The molecular formula is C18H18N4. The van der Waals surface area contributed by atoms with E-state index in [4.69, 9.17) is 10.4 Å². The number of rotatable bonds is 3. The van der Waals surface area contributed by atoms with Gasteiger partial charge in [-0.3, -0.25) is 4.68 Å². The maximum Gasteiger partial charge on any atom is 0.0995 e. The Morgan fingerprint density at radius 1 is 1.32 bits per heavy atom. The van der Waals surface area contributed by atoms with Crippen molar-refractivity contribution in [1.82, 2.24) is 9.78 Å². The highest BCUT2D eigenvalue weighted by Crippen LogP contribution is 2.36. The molecule has 0 amide bonds. The minimum Gasteiger partial charge on any atom is -0.265 e. The predicted octanol–water partition coefficient (Wildman–Crippen LogP) is 3.45. The average Bonchev–Trinajstić information content (AvgIpc) is 2.85. The Kier molecular flexibility index (Phi) is 3.94. The van der Waals surface area contributed by atoms with Crippen LogP contribution in [0.15, 0.2) is 24.3 Å². The fourth-order valence-corrected chi connectivity index (χ4v) is 3.47. The summed E-state index contributed by atoms with van der Waals surface area (Å²) in [6.45, 7) is 2.65. The molecule has 0 spiro atoms. The van der Waals surface area contributed by atoms with E-state index in [1.54, 1.807) is 0 Å². The number of aryl methyl sites for hydroxylation is 1. The molecule has 0 N–H and O–H groups in total. The molecule has 0 saturated carbocycles.